The Morgan fingerprint density at radius 2 is 1.72 bits per heavy atom. The summed E-state index contributed by atoms with van der Waals surface area (Å²) in [7, 11) is 0. The fraction of sp³-hybridized carbons (Fsp3) is 0.227. The van der Waals surface area contributed by atoms with E-state index < -0.39 is 0 Å². The zero-order valence-corrected chi connectivity index (χ0v) is 14.4. The quantitative estimate of drug-likeness (QED) is 0.447. The summed E-state index contributed by atoms with van der Waals surface area (Å²) in [4.78, 5) is 4.44. The Morgan fingerprint density at radius 1 is 0.920 bits per heavy atom. The first-order valence-electron chi connectivity index (χ1n) is 8.75. The lowest BCUT2D eigenvalue weighted by Gasteiger charge is -2.06. The van der Waals surface area contributed by atoms with Crippen LogP contribution in [0.4, 0.5) is 5.69 Å². The Balaban J connectivity index is 1.92. The number of aliphatic imine (C=N–C) groups is 1. The first kappa shape index (κ1) is 17.0. The first-order chi connectivity index (χ1) is 12.2. The number of aryl methyl sites for hydroxylation is 1. The lowest BCUT2D eigenvalue weighted by atomic mass is 10.0. The molecule has 0 aromatic heterocycles. The number of hydrogen-bond donors (Lipinski definition) is 2. The Morgan fingerprint density at radius 3 is 2.56 bits per heavy atom. The molecule has 3 rings (SSSR count). The normalized spacial score (nSPS) is 11.4. The Hall–Kier alpha value is -2.81. The van der Waals surface area contributed by atoms with E-state index in [0.29, 0.717) is 11.3 Å². The van der Waals surface area contributed by atoms with Crippen molar-refractivity contribution in [3.63, 3.8) is 0 Å². The lowest BCUT2D eigenvalue weighted by Crippen LogP contribution is -1.87. The molecule has 0 heterocycles. The second kappa shape index (κ2) is 7.84. The van der Waals surface area contributed by atoms with Gasteiger partial charge in [0.15, 0.2) is 0 Å². The van der Waals surface area contributed by atoms with Gasteiger partial charge in [0.25, 0.3) is 0 Å². The van der Waals surface area contributed by atoms with Crippen LogP contribution in [-0.2, 0) is 6.42 Å². The molecule has 128 valence electrons. The van der Waals surface area contributed by atoms with E-state index in [1.807, 2.05) is 42.5 Å². The van der Waals surface area contributed by atoms with E-state index in [4.69, 9.17) is 0 Å². The average molecular weight is 333 g/mol. The van der Waals surface area contributed by atoms with Crippen LogP contribution >= 0.6 is 0 Å². The van der Waals surface area contributed by atoms with Gasteiger partial charge in [-0.2, -0.15) is 0 Å². The molecule has 0 saturated carbocycles. The van der Waals surface area contributed by atoms with Crippen molar-refractivity contribution in [2.75, 3.05) is 0 Å². The van der Waals surface area contributed by atoms with Gasteiger partial charge in [-0.05, 0) is 47.4 Å². The van der Waals surface area contributed by atoms with Gasteiger partial charge in [0.1, 0.15) is 17.2 Å². The van der Waals surface area contributed by atoms with Crippen molar-refractivity contribution in [3.05, 3.63) is 65.7 Å². The van der Waals surface area contributed by atoms with Crippen LogP contribution in [0.3, 0.4) is 0 Å². The zero-order chi connectivity index (χ0) is 17.6. The van der Waals surface area contributed by atoms with Gasteiger partial charge < -0.3 is 10.2 Å². The van der Waals surface area contributed by atoms with Gasteiger partial charge in [-0.15, -0.1) is 0 Å². The molecule has 0 amide bonds. The number of unbranched alkanes of at least 4 members (excludes halogenated alkanes) is 2. The minimum absolute atomic E-state index is 0.148. The predicted octanol–water partition coefficient (Wildman–Crippen LogP) is 5.73. The van der Waals surface area contributed by atoms with E-state index in [-0.39, 0.29) is 11.5 Å². The fourth-order valence-corrected chi connectivity index (χ4v) is 2.96. The van der Waals surface area contributed by atoms with Gasteiger partial charge in [-0.25, -0.2) is 0 Å². The second-order valence-corrected chi connectivity index (χ2v) is 6.26. The summed E-state index contributed by atoms with van der Waals surface area (Å²) in [5.41, 5.74) is 2.36. The van der Waals surface area contributed by atoms with Crippen molar-refractivity contribution in [1.82, 2.24) is 0 Å². The minimum atomic E-state index is 0.148. The molecule has 0 aliphatic heterocycles. The number of hydrogen-bond acceptors (Lipinski definition) is 3. The molecule has 3 aromatic rings. The SMILES string of the molecule is CCCCCc1ccc(O)c(N=Cc2c(O)ccc3ccccc23)c1. The van der Waals surface area contributed by atoms with Crippen LogP contribution in [0.2, 0.25) is 0 Å². The standard InChI is InChI=1S/C22H23NO2/c1-2-3-4-7-16-10-12-22(25)20(14-16)23-15-19-18-9-6-5-8-17(18)11-13-21(19)24/h5-6,8-15,24-25H,2-4,7H2,1H3. The maximum atomic E-state index is 10.2. The van der Waals surface area contributed by atoms with Crippen LogP contribution in [0.25, 0.3) is 10.8 Å². The van der Waals surface area contributed by atoms with Crippen molar-refractivity contribution < 1.29 is 10.2 Å². The Labute approximate surface area is 148 Å². The molecule has 0 bridgehead atoms. The highest BCUT2D eigenvalue weighted by Gasteiger charge is 2.06. The van der Waals surface area contributed by atoms with Gasteiger partial charge in [0.2, 0.25) is 0 Å². The summed E-state index contributed by atoms with van der Waals surface area (Å²) >= 11 is 0. The van der Waals surface area contributed by atoms with Crippen LogP contribution < -0.4 is 0 Å². The summed E-state index contributed by atoms with van der Waals surface area (Å²) in [5, 5.41) is 22.3. The summed E-state index contributed by atoms with van der Waals surface area (Å²) in [6, 6.07) is 17.0. The van der Waals surface area contributed by atoms with Gasteiger partial charge in [-0.1, -0.05) is 56.2 Å². The highest BCUT2D eigenvalue weighted by atomic mass is 16.3. The molecule has 0 saturated heterocycles. The molecular formula is C22H23NO2. The van der Waals surface area contributed by atoms with Crippen LogP contribution in [-0.4, -0.2) is 16.4 Å². The van der Waals surface area contributed by atoms with E-state index >= 15 is 0 Å². The number of benzene rings is 3. The molecule has 0 atom stereocenters. The van der Waals surface area contributed by atoms with Gasteiger partial charge in [0, 0.05) is 11.8 Å². The third-order valence-electron chi connectivity index (χ3n) is 4.39. The first-order valence-corrected chi connectivity index (χ1v) is 8.75. The number of rotatable bonds is 6. The largest absolute Gasteiger partial charge is 0.507 e. The summed E-state index contributed by atoms with van der Waals surface area (Å²) in [6.07, 6.45) is 6.13. The highest BCUT2D eigenvalue weighted by Crippen LogP contribution is 2.30. The molecule has 3 aromatic carbocycles. The fourth-order valence-electron chi connectivity index (χ4n) is 2.96. The maximum absolute atomic E-state index is 10.2. The highest BCUT2D eigenvalue weighted by molar-refractivity contribution is 6.03. The van der Waals surface area contributed by atoms with Gasteiger partial charge >= 0.3 is 0 Å². The van der Waals surface area contributed by atoms with E-state index in [0.717, 1.165) is 23.6 Å². The molecule has 0 radical (unpaired) electrons. The van der Waals surface area contributed by atoms with Crippen LogP contribution in [0.1, 0.15) is 37.3 Å². The maximum Gasteiger partial charge on any atom is 0.141 e. The van der Waals surface area contributed by atoms with Gasteiger partial charge in [-0.3, -0.25) is 4.99 Å². The molecule has 0 aliphatic carbocycles. The zero-order valence-electron chi connectivity index (χ0n) is 14.4. The van der Waals surface area contributed by atoms with Crippen molar-refractivity contribution >= 4 is 22.7 Å². The third-order valence-corrected chi connectivity index (χ3v) is 4.39. The molecule has 0 fully saturated rings. The van der Waals surface area contributed by atoms with E-state index in [1.165, 1.54) is 18.4 Å². The van der Waals surface area contributed by atoms with Crippen LogP contribution in [0.5, 0.6) is 11.5 Å². The number of nitrogens with zero attached hydrogens (tertiary/aromatic N) is 1. The topological polar surface area (TPSA) is 52.8 Å². The molecule has 25 heavy (non-hydrogen) atoms. The van der Waals surface area contributed by atoms with E-state index in [1.54, 1.807) is 18.3 Å². The van der Waals surface area contributed by atoms with E-state index in [2.05, 4.69) is 11.9 Å². The molecule has 3 nitrogen and oxygen atoms in total. The number of aromatic hydroxyl groups is 2. The number of fused-ring (bicyclic) bond motifs is 1. The van der Waals surface area contributed by atoms with Crippen LogP contribution in [0.15, 0.2) is 59.6 Å². The second-order valence-electron chi connectivity index (χ2n) is 6.26. The number of phenols is 2. The minimum Gasteiger partial charge on any atom is -0.507 e. The Kier molecular flexibility index (Phi) is 5.34. The predicted molar refractivity (Wildman–Crippen MR) is 104 cm³/mol. The number of phenolic OH excluding ortho intramolecular Hbond substituents is 2. The smallest absolute Gasteiger partial charge is 0.141 e. The molecule has 0 aliphatic rings. The summed E-state index contributed by atoms with van der Waals surface area (Å²) < 4.78 is 0. The van der Waals surface area contributed by atoms with Gasteiger partial charge in [0.05, 0.1) is 0 Å². The Bertz CT molecular complexity index is 900. The summed E-state index contributed by atoms with van der Waals surface area (Å²) in [6.45, 7) is 2.18. The monoisotopic (exact) mass is 333 g/mol. The lowest BCUT2D eigenvalue weighted by molar-refractivity contribution is 0.474. The van der Waals surface area contributed by atoms with Crippen molar-refractivity contribution in [2.45, 2.75) is 32.6 Å². The summed E-state index contributed by atoms with van der Waals surface area (Å²) in [5.74, 6) is 0.330. The molecule has 3 heteroatoms. The average Bonchev–Trinajstić information content (AvgIpc) is 2.63. The third kappa shape index (κ3) is 4.00. The molecule has 0 unspecified atom stereocenters. The molecule has 2 N–H and O–H groups in total. The van der Waals surface area contributed by atoms with E-state index in [9.17, 15) is 10.2 Å². The molecule has 0 spiro atoms. The van der Waals surface area contributed by atoms with Crippen molar-refractivity contribution in [2.24, 2.45) is 4.99 Å². The van der Waals surface area contributed by atoms with Crippen molar-refractivity contribution in [1.29, 1.82) is 0 Å². The van der Waals surface area contributed by atoms with Crippen molar-refractivity contribution in [3.8, 4) is 11.5 Å². The van der Waals surface area contributed by atoms with Crippen LogP contribution in [0, 0.1) is 0 Å². The molecular weight excluding hydrogens is 310 g/mol.